The van der Waals surface area contributed by atoms with Crippen molar-refractivity contribution in [3.05, 3.63) is 0 Å². The van der Waals surface area contributed by atoms with Crippen LogP contribution in [0, 0.1) is 0 Å². The first-order valence-electron chi connectivity index (χ1n) is 5.76. The second kappa shape index (κ2) is 7.73. The summed E-state index contributed by atoms with van der Waals surface area (Å²) in [5, 5.41) is 11.5. The van der Waals surface area contributed by atoms with Gasteiger partial charge in [0.2, 0.25) is 0 Å². The number of rotatable bonds is 8. The number of nitrogens with zero attached hydrogens (tertiary/aromatic N) is 2. The maximum Gasteiger partial charge on any atom is 0.0515 e. The van der Waals surface area contributed by atoms with Crippen molar-refractivity contribution >= 4 is 5.71 Å². The van der Waals surface area contributed by atoms with E-state index in [-0.39, 0.29) is 0 Å². The van der Waals surface area contributed by atoms with Crippen LogP contribution in [0.5, 0.6) is 0 Å². The average molecular weight is 229 g/mol. The molecule has 0 saturated heterocycles. The Balaban J connectivity index is 4.01. The van der Waals surface area contributed by atoms with Gasteiger partial charge in [0.05, 0.1) is 6.54 Å². The monoisotopic (exact) mass is 229 g/mol. The summed E-state index contributed by atoms with van der Waals surface area (Å²) in [4.78, 5) is 6.44. The van der Waals surface area contributed by atoms with Crippen LogP contribution >= 0.6 is 0 Å². The minimum absolute atomic E-state index is 0.621. The fourth-order valence-electron chi connectivity index (χ4n) is 1.25. The van der Waals surface area contributed by atoms with Crippen molar-refractivity contribution in [1.82, 2.24) is 4.90 Å². The fraction of sp³-hybridized carbons (Fsp3) is 0.909. The van der Waals surface area contributed by atoms with E-state index in [9.17, 15) is 5.11 Å². The Kier molecular flexibility index (Phi) is 7.49. The van der Waals surface area contributed by atoms with Crippen molar-refractivity contribution in [3.8, 4) is 0 Å². The second-order valence-corrected chi connectivity index (χ2v) is 4.40. The van der Waals surface area contributed by atoms with Crippen LogP contribution in [-0.4, -0.2) is 55.5 Å². The van der Waals surface area contributed by atoms with Crippen molar-refractivity contribution in [1.29, 1.82) is 0 Å². The molecule has 0 spiro atoms. The first-order chi connectivity index (χ1) is 7.41. The molecule has 0 saturated carbocycles. The zero-order valence-corrected chi connectivity index (χ0v) is 10.7. The highest BCUT2D eigenvalue weighted by Gasteiger charge is 2.06. The van der Waals surface area contributed by atoms with E-state index in [1.165, 1.54) is 0 Å². The zero-order valence-electron chi connectivity index (χ0n) is 10.7. The third-order valence-corrected chi connectivity index (χ3v) is 2.53. The second-order valence-electron chi connectivity index (χ2n) is 4.40. The summed E-state index contributed by atoms with van der Waals surface area (Å²) in [6.45, 7) is 9.37. The molecule has 0 radical (unpaired) electrons. The van der Waals surface area contributed by atoms with Gasteiger partial charge in [0.15, 0.2) is 0 Å². The van der Waals surface area contributed by atoms with Crippen LogP contribution in [0.15, 0.2) is 4.99 Å². The molecule has 16 heavy (non-hydrogen) atoms. The molecule has 0 amide bonds. The first-order valence-corrected chi connectivity index (χ1v) is 5.76. The van der Waals surface area contributed by atoms with Gasteiger partial charge in [-0.25, -0.2) is 0 Å². The van der Waals surface area contributed by atoms with Crippen molar-refractivity contribution < 1.29 is 5.11 Å². The predicted molar refractivity (Wildman–Crippen MR) is 66.6 cm³/mol. The van der Waals surface area contributed by atoms with Gasteiger partial charge in [0.1, 0.15) is 0 Å². The highest BCUT2D eigenvalue weighted by atomic mass is 16.3. The molecule has 5 heteroatoms. The molecular weight excluding hydrogens is 204 g/mol. The van der Waals surface area contributed by atoms with E-state index < -0.39 is 5.60 Å². The molecular formula is C11H25N4O-. The molecule has 0 aliphatic carbocycles. The normalized spacial score (nSPS) is 13.6. The Morgan fingerprint density at radius 2 is 1.69 bits per heavy atom. The summed E-state index contributed by atoms with van der Waals surface area (Å²) >= 11 is 0. The molecule has 0 aliphatic heterocycles. The van der Waals surface area contributed by atoms with Crippen molar-refractivity contribution in [3.63, 3.8) is 0 Å². The van der Waals surface area contributed by atoms with E-state index in [1.807, 2.05) is 0 Å². The van der Waals surface area contributed by atoms with Crippen molar-refractivity contribution in [2.24, 2.45) is 16.5 Å². The maximum absolute atomic E-state index is 11.5. The molecule has 0 unspecified atom stereocenters. The lowest BCUT2D eigenvalue weighted by Gasteiger charge is -2.31. The van der Waals surface area contributed by atoms with Crippen molar-refractivity contribution in [2.75, 3.05) is 39.3 Å². The predicted octanol–water partition coefficient (Wildman–Crippen LogP) is -1.19. The zero-order chi connectivity index (χ0) is 12.6. The third kappa shape index (κ3) is 6.90. The van der Waals surface area contributed by atoms with E-state index >= 15 is 0 Å². The molecule has 0 fully saturated rings. The van der Waals surface area contributed by atoms with Gasteiger partial charge in [-0.2, -0.15) is 0 Å². The van der Waals surface area contributed by atoms with Crippen LogP contribution in [0.2, 0.25) is 0 Å². The Morgan fingerprint density at radius 3 is 2.06 bits per heavy atom. The molecule has 96 valence electrons. The summed E-state index contributed by atoms with van der Waals surface area (Å²) in [5.41, 5.74) is 10.6. The van der Waals surface area contributed by atoms with Gasteiger partial charge < -0.3 is 16.6 Å². The Bertz CT molecular complexity index is 205. The Hall–Kier alpha value is -0.490. The highest BCUT2D eigenvalue weighted by Crippen LogP contribution is 1.99. The van der Waals surface area contributed by atoms with E-state index in [0.29, 0.717) is 25.3 Å². The SMILES string of the molecule is CC(=NCCN(CCN)CCN)C(C)(C)[O-]. The number of hydrogen-bond acceptors (Lipinski definition) is 5. The topological polar surface area (TPSA) is 90.7 Å². The van der Waals surface area contributed by atoms with Crippen LogP contribution < -0.4 is 16.6 Å². The number of aliphatic imine (C=N–C) groups is 1. The lowest BCUT2D eigenvalue weighted by atomic mass is 10.1. The quantitative estimate of drug-likeness (QED) is 0.512. The summed E-state index contributed by atoms with van der Waals surface area (Å²) in [5.74, 6) is 0. The van der Waals surface area contributed by atoms with Gasteiger partial charge in [0.25, 0.3) is 0 Å². The van der Waals surface area contributed by atoms with Gasteiger partial charge in [0, 0.05) is 32.7 Å². The van der Waals surface area contributed by atoms with Crippen molar-refractivity contribution in [2.45, 2.75) is 26.4 Å². The van der Waals surface area contributed by atoms with Crippen LogP contribution in [0.1, 0.15) is 20.8 Å². The highest BCUT2D eigenvalue weighted by molar-refractivity contribution is 5.88. The molecule has 0 heterocycles. The molecule has 5 nitrogen and oxygen atoms in total. The number of nitrogens with two attached hydrogens (primary N) is 2. The minimum Gasteiger partial charge on any atom is -0.846 e. The van der Waals surface area contributed by atoms with E-state index in [4.69, 9.17) is 11.5 Å². The third-order valence-electron chi connectivity index (χ3n) is 2.53. The van der Waals surface area contributed by atoms with Gasteiger partial charge in [-0.05, 0) is 12.6 Å². The smallest absolute Gasteiger partial charge is 0.0515 e. The van der Waals surface area contributed by atoms with E-state index in [2.05, 4.69) is 9.89 Å². The average Bonchev–Trinajstić information content (AvgIpc) is 2.16. The maximum atomic E-state index is 11.5. The Labute approximate surface area is 98.5 Å². The molecule has 0 bridgehead atoms. The lowest BCUT2D eigenvalue weighted by Crippen LogP contribution is -2.44. The molecule has 0 aromatic rings. The molecule has 0 rings (SSSR count). The van der Waals surface area contributed by atoms with Gasteiger partial charge in [-0.15, -0.1) is 0 Å². The first kappa shape index (κ1) is 15.5. The summed E-state index contributed by atoms with van der Waals surface area (Å²) in [7, 11) is 0. The molecule has 0 aromatic heterocycles. The number of hydrogen-bond donors (Lipinski definition) is 2. The standard InChI is InChI=1S/C11H25N4O/c1-10(11(2,3)16)14-6-9-15(7-4-12)8-5-13/h4-9,12-13H2,1-3H3/q-1. The van der Waals surface area contributed by atoms with Crippen LogP contribution in [-0.2, 0) is 0 Å². The molecule has 0 aromatic carbocycles. The van der Waals surface area contributed by atoms with E-state index in [0.717, 1.165) is 19.6 Å². The van der Waals surface area contributed by atoms with Gasteiger partial charge in [-0.3, -0.25) is 9.89 Å². The minimum atomic E-state index is -1.08. The van der Waals surface area contributed by atoms with E-state index in [1.54, 1.807) is 20.8 Å². The lowest BCUT2D eigenvalue weighted by molar-refractivity contribution is -0.437. The van der Waals surface area contributed by atoms with Gasteiger partial charge >= 0.3 is 0 Å². The molecule has 4 N–H and O–H groups in total. The van der Waals surface area contributed by atoms with Crippen LogP contribution in [0.3, 0.4) is 0 Å². The summed E-state index contributed by atoms with van der Waals surface area (Å²) < 4.78 is 0. The Morgan fingerprint density at radius 1 is 1.19 bits per heavy atom. The van der Waals surface area contributed by atoms with Crippen LogP contribution in [0.25, 0.3) is 0 Å². The van der Waals surface area contributed by atoms with Gasteiger partial charge in [-0.1, -0.05) is 19.4 Å². The largest absolute Gasteiger partial charge is 0.846 e. The molecule has 0 atom stereocenters. The molecule has 0 aliphatic rings. The fourth-order valence-corrected chi connectivity index (χ4v) is 1.25. The summed E-state index contributed by atoms with van der Waals surface area (Å²) in [6, 6.07) is 0. The van der Waals surface area contributed by atoms with Crippen LogP contribution in [0.4, 0.5) is 0 Å². The summed E-state index contributed by atoms with van der Waals surface area (Å²) in [6.07, 6.45) is 0.